The van der Waals surface area contributed by atoms with Crippen LogP contribution in [0.4, 0.5) is 5.82 Å². The van der Waals surface area contributed by atoms with Crippen LogP contribution in [0.5, 0.6) is 0 Å². The van der Waals surface area contributed by atoms with E-state index in [0.717, 1.165) is 17.4 Å². The number of primary amides is 1. The van der Waals surface area contributed by atoms with E-state index in [9.17, 15) is 19.6 Å². The summed E-state index contributed by atoms with van der Waals surface area (Å²) in [6.45, 7) is 1.13. The van der Waals surface area contributed by atoms with Crippen molar-refractivity contribution in [3.05, 3.63) is 26.4 Å². The normalized spacial score (nSPS) is 18.0. The molecular formula is C14H19N5O3. The van der Waals surface area contributed by atoms with E-state index >= 15 is 0 Å². The molecule has 0 bridgehead atoms. The number of hydrogen-bond donors (Lipinski definition) is 1. The smallest absolute Gasteiger partial charge is 0.332 e. The molecule has 8 nitrogen and oxygen atoms in total. The molecule has 1 aliphatic heterocycles. The molecule has 1 saturated heterocycles. The van der Waals surface area contributed by atoms with Gasteiger partial charge in [0.15, 0.2) is 5.56 Å². The highest BCUT2D eigenvalue weighted by atomic mass is 16.2. The zero-order chi connectivity index (χ0) is 16.4. The summed E-state index contributed by atoms with van der Waals surface area (Å²) in [5.74, 6) is 0.0203. The summed E-state index contributed by atoms with van der Waals surface area (Å²) in [5, 5.41) is 9.30. The van der Waals surface area contributed by atoms with Crippen molar-refractivity contribution in [2.24, 2.45) is 25.7 Å². The predicted octanol–water partition coefficient (Wildman–Crippen LogP) is -0.953. The second kappa shape index (κ2) is 6.05. The summed E-state index contributed by atoms with van der Waals surface area (Å²) in [5.41, 5.74) is 4.12. The van der Waals surface area contributed by atoms with Gasteiger partial charge in [0.05, 0.1) is 0 Å². The van der Waals surface area contributed by atoms with Crippen LogP contribution in [0.3, 0.4) is 0 Å². The topological polar surface area (TPSA) is 114 Å². The van der Waals surface area contributed by atoms with E-state index in [0.29, 0.717) is 18.9 Å². The Kier molecular flexibility index (Phi) is 4.35. The number of rotatable bonds is 3. The van der Waals surface area contributed by atoms with Crippen LogP contribution in [0.15, 0.2) is 9.59 Å². The molecule has 0 aliphatic carbocycles. The molecule has 1 fully saturated rings. The summed E-state index contributed by atoms with van der Waals surface area (Å²) in [6.07, 6.45) is 1.93. The van der Waals surface area contributed by atoms with Crippen molar-refractivity contribution in [1.29, 1.82) is 5.26 Å². The molecule has 22 heavy (non-hydrogen) atoms. The average molecular weight is 305 g/mol. The highest BCUT2D eigenvalue weighted by molar-refractivity contribution is 5.74. The van der Waals surface area contributed by atoms with Gasteiger partial charge in [-0.3, -0.25) is 18.7 Å². The molecule has 1 aliphatic rings. The number of nitrogens with two attached hydrogens (primary N) is 1. The largest absolute Gasteiger partial charge is 0.370 e. The minimum absolute atomic E-state index is 0.0516. The van der Waals surface area contributed by atoms with Crippen LogP contribution in [0.2, 0.25) is 0 Å². The van der Waals surface area contributed by atoms with Crippen LogP contribution >= 0.6 is 0 Å². The van der Waals surface area contributed by atoms with Crippen molar-refractivity contribution in [2.45, 2.75) is 19.3 Å². The van der Waals surface area contributed by atoms with Crippen molar-refractivity contribution in [2.75, 3.05) is 18.0 Å². The third-order valence-corrected chi connectivity index (χ3v) is 4.05. The first-order valence-corrected chi connectivity index (χ1v) is 7.10. The maximum Gasteiger partial charge on any atom is 0.332 e. The molecule has 8 heteroatoms. The maximum atomic E-state index is 12.1. The number of amides is 1. The first kappa shape index (κ1) is 15.8. The van der Waals surface area contributed by atoms with Gasteiger partial charge in [-0.1, -0.05) is 0 Å². The molecule has 0 aromatic carbocycles. The van der Waals surface area contributed by atoms with E-state index in [-0.39, 0.29) is 23.8 Å². The maximum absolute atomic E-state index is 12.1. The molecule has 2 rings (SSSR count). The molecule has 0 spiro atoms. The number of carbonyl (C=O) groups is 1. The molecule has 0 radical (unpaired) electrons. The van der Waals surface area contributed by atoms with Crippen LogP contribution in [0.25, 0.3) is 0 Å². The lowest BCUT2D eigenvalue weighted by molar-refractivity contribution is -0.118. The molecular weight excluding hydrogens is 286 g/mol. The Hall–Kier alpha value is -2.56. The van der Waals surface area contributed by atoms with Crippen LogP contribution in [-0.4, -0.2) is 28.1 Å². The summed E-state index contributed by atoms with van der Waals surface area (Å²) in [6, 6.07) is 1.90. The lowest BCUT2D eigenvalue weighted by Gasteiger charge is -2.35. The lowest BCUT2D eigenvalue weighted by Crippen LogP contribution is -2.45. The number of aromatic nitrogens is 2. The van der Waals surface area contributed by atoms with E-state index in [1.54, 1.807) is 0 Å². The van der Waals surface area contributed by atoms with Gasteiger partial charge in [-0.25, -0.2) is 4.79 Å². The quantitative estimate of drug-likeness (QED) is 0.773. The van der Waals surface area contributed by atoms with Gasteiger partial charge in [0.1, 0.15) is 11.9 Å². The van der Waals surface area contributed by atoms with Crippen molar-refractivity contribution in [1.82, 2.24) is 9.13 Å². The summed E-state index contributed by atoms with van der Waals surface area (Å²) < 4.78 is 2.24. The van der Waals surface area contributed by atoms with Crippen molar-refractivity contribution in [3.63, 3.8) is 0 Å². The molecule has 1 aromatic heterocycles. The molecule has 1 aromatic rings. The fourth-order valence-electron chi connectivity index (χ4n) is 3.01. The van der Waals surface area contributed by atoms with E-state index in [4.69, 9.17) is 5.73 Å². The van der Waals surface area contributed by atoms with Crippen molar-refractivity contribution in [3.8, 4) is 6.07 Å². The summed E-state index contributed by atoms with van der Waals surface area (Å²) in [4.78, 5) is 37.1. The van der Waals surface area contributed by atoms with E-state index in [1.807, 2.05) is 11.0 Å². The van der Waals surface area contributed by atoms with Gasteiger partial charge in [-0.05, 0) is 18.8 Å². The van der Waals surface area contributed by atoms with E-state index in [1.165, 1.54) is 18.7 Å². The zero-order valence-electron chi connectivity index (χ0n) is 12.7. The molecule has 1 atom stereocenters. The molecule has 2 N–H and O–H groups in total. The second-order valence-electron chi connectivity index (χ2n) is 5.64. The minimum Gasteiger partial charge on any atom is -0.370 e. The number of anilines is 1. The van der Waals surface area contributed by atoms with E-state index < -0.39 is 11.2 Å². The van der Waals surface area contributed by atoms with Crippen molar-refractivity contribution < 1.29 is 4.79 Å². The number of carbonyl (C=O) groups excluding carboxylic acids is 1. The fourth-order valence-corrected chi connectivity index (χ4v) is 3.01. The van der Waals surface area contributed by atoms with Gasteiger partial charge in [-0.2, -0.15) is 5.26 Å². The highest BCUT2D eigenvalue weighted by Crippen LogP contribution is 2.25. The summed E-state index contributed by atoms with van der Waals surface area (Å²) >= 11 is 0. The highest BCUT2D eigenvalue weighted by Gasteiger charge is 2.27. The van der Waals surface area contributed by atoms with E-state index in [2.05, 4.69) is 0 Å². The molecule has 0 saturated carbocycles. The Morgan fingerprint density at radius 2 is 2.05 bits per heavy atom. The van der Waals surface area contributed by atoms with Gasteiger partial charge < -0.3 is 10.6 Å². The molecule has 118 valence electrons. The molecule has 2 heterocycles. The average Bonchev–Trinajstić information content (AvgIpc) is 2.48. The van der Waals surface area contributed by atoms with Gasteiger partial charge in [0.2, 0.25) is 5.91 Å². The number of nitriles is 1. The lowest BCUT2D eigenvalue weighted by atomic mass is 9.94. The van der Waals surface area contributed by atoms with Crippen LogP contribution in [0.1, 0.15) is 24.8 Å². The minimum atomic E-state index is -0.599. The zero-order valence-corrected chi connectivity index (χ0v) is 12.7. The SMILES string of the molecule is Cn1c(N2CCCC(CC(N)=O)C2)c(C#N)c(=O)n(C)c1=O. The monoisotopic (exact) mass is 305 g/mol. The standard InChI is InChI=1S/C14H19N5O3/c1-17-12(10(7-15)13(21)18(2)14(17)22)19-5-3-4-9(8-19)6-11(16)20/h9H,3-6,8H2,1-2H3,(H2,16,20). The Morgan fingerprint density at radius 1 is 1.36 bits per heavy atom. The molecule has 1 amide bonds. The number of hydrogen-bond acceptors (Lipinski definition) is 5. The number of piperidine rings is 1. The Bertz CT molecular complexity index is 755. The third kappa shape index (κ3) is 2.74. The number of nitrogens with zero attached hydrogens (tertiary/aromatic N) is 4. The van der Waals surface area contributed by atoms with Crippen LogP contribution in [0, 0.1) is 17.2 Å². The van der Waals surface area contributed by atoms with Crippen LogP contribution < -0.4 is 21.9 Å². The Labute approximate surface area is 127 Å². The summed E-state index contributed by atoms with van der Waals surface area (Å²) in [7, 11) is 2.89. The van der Waals surface area contributed by atoms with Gasteiger partial charge in [0, 0.05) is 33.6 Å². The van der Waals surface area contributed by atoms with Crippen LogP contribution in [-0.2, 0) is 18.9 Å². The fraction of sp³-hybridized carbons (Fsp3) is 0.571. The molecule has 1 unspecified atom stereocenters. The predicted molar refractivity (Wildman–Crippen MR) is 80.4 cm³/mol. The second-order valence-corrected chi connectivity index (χ2v) is 5.64. The first-order valence-electron chi connectivity index (χ1n) is 7.10. The van der Waals surface area contributed by atoms with Gasteiger partial charge in [0.25, 0.3) is 5.56 Å². The Morgan fingerprint density at radius 3 is 2.64 bits per heavy atom. The van der Waals surface area contributed by atoms with Crippen molar-refractivity contribution >= 4 is 11.7 Å². The Balaban J connectivity index is 2.49. The van der Waals surface area contributed by atoms with Gasteiger partial charge in [-0.15, -0.1) is 0 Å². The third-order valence-electron chi connectivity index (χ3n) is 4.05. The first-order chi connectivity index (χ1) is 10.4. The van der Waals surface area contributed by atoms with Gasteiger partial charge >= 0.3 is 5.69 Å².